The highest BCUT2D eigenvalue weighted by molar-refractivity contribution is 6.30. The number of hydrogen-bond acceptors (Lipinski definition) is 3. The van der Waals surface area contributed by atoms with Crippen LogP contribution in [0.3, 0.4) is 0 Å². The molecule has 2 rings (SSSR count). The Morgan fingerprint density at radius 2 is 1.77 bits per heavy atom. The van der Waals surface area contributed by atoms with Gasteiger partial charge in [0.2, 0.25) is 0 Å². The number of carbonyl (C=O) groups is 2. The Morgan fingerprint density at radius 3 is 2.38 bits per heavy atom. The van der Waals surface area contributed by atoms with Gasteiger partial charge in [0.15, 0.2) is 6.10 Å². The molecule has 0 aromatic heterocycles. The van der Waals surface area contributed by atoms with Crippen molar-refractivity contribution in [2.24, 2.45) is 0 Å². The first-order chi connectivity index (χ1) is 12.5. The molecular weight excluding hydrogens is 350 g/mol. The van der Waals surface area contributed by atoms with E-state index < -0.39 is 12.1 Å². The summed E-state index contributed by atoms with van der Waals surface area (Å²) in [5.74, 6) is -0.870. The Balaban J connectivity index is 2.26. The molecule has 26 heavy (non-hydrogen) atoms. The molecule has 0 bridgehead atoms. The number of esters is 1. The maximum Gasteiger partial charge on any atom is 0.339 e. The second-order valence-electron chi connectivity index (χ2n) is 5.81. The van der Waals surface area contributed by atoms with Gasteiger partial charge in [0.05, 0.1) is 5.57 Å². The molecule has 0 saturated heterocycles. The zero-order valence-corrected chi connectivity index (χ0v) is 15.6. The summed E-state index contributed by atoms with van der Waals surface area (Å²) >= 11 is 5.94. The highest BCUT2D eigenvalue weighted by Gasteiger charge is 2.21. The lowest BCUT2D eigenvalue weighted by atomic mass is 10.0. The van der Waals surface area contributed by atoms with Gasteiger partial charge in [-0.25, -0.2) is 4.79 Å². The smallest absolute Gasteiger partial charge is 0.339 e. The van der Waals surface area contributed by atoms with Crippen LogP contribution in [0.25, 0.3) is 11.6 Å². The van der Waals surface area contributed by atoms with Crippen molar-refractivity contribution in [2.45, 2.75) is 26.4 Å². The SMILES string of the molecule is CCCNC(=O)[C@H](C)OC(=O)/C(=C/c1ccccc1)c1ccc(Cl)cc1. The summed E-state index contributed by atoms with van der Waals surface area (Å²) in [5.41, 5.74) is 1.89. The number of nitrogens with one attached hydrogen (secondary N) is 1. The zero-order valence-electron chi connectivity index (χ0n) is 14.9. The van der Waals surface area contributed by atoms with Crippen molar-refractivity contribution in [1.82, 2.24) is 5.32 Å². The third-order valence-corrected chi connectivity index (χ3v) is 3.94. The molecule has 0 heterocycles. The maximum absolute atomic E-state index is 12.7. The van der Waals surface area contributed by atoms with Crippen molar-refractivity contribution >= 4 is 35.1 Å². The Kier molecular flexibility index (Phi) is 7.42. The van der Waals surface area contributed by atoms with E-state index in [1.807, 2.05) is 37.3 Å². The van der Waals surface area contributed by atoms with Gasteiger partial charge in [-0.3, -0.25) is 4.79 Å². The van der Waals surface area contributed by atoms with Crippen LogP contribution in [-0.2, 0) is 14.3 Å². The van der Waals surface area contributed by atoms with Crippen molar-refractivity contribution in [2.75, 3.05) is 6.54 Å². The maximum atomic E-state index is 12.7. The quantitative estimate of drug-likeness (QED) is 0.447. The lowest BCUT2D eigenvalue weighted by Crippen LogP contribution is -2.36. The van der Waals surface area contributed by atoms with Crippen LogP contribution < -0.4 is 5.32 Å². The third kappa shape index (κ3) is 5.74. The monoisotopic (exact) mass is 371 g/mol. The standard InChI is InChI=1S/C21H22ClNO3/c1-3-13-23-20(24)15(2)26-21(25)19(14-16-7-5-4-6-8-16)17-9-11-18(22)12-10-17/h4-12,14-15H,3,13H2,1-2H3,(H,23,24)/b19-14+/t15-/m0/s1. The average Bonchev–Trinajstić information content (AvgIpc) is 2.65. The van der Waals surface area contributed by atoms with E-state index in [0.717, 1.165) is 12.0 Å². The average molecular weight is 372 g/mol. The van der Waals surface area contributed by atoms with Crippen LogP contribution in [0.5, 0.6) is 0 Å². The van der Waals surface area contributed by atoms with Crippen molar-refractivity contribution in [3.8, 4) is 0 Å². The highest BCUT2D eigenvalue weighted by Crippen LogP contribution is 2.22. The van der Waals surface area contributed by atoms with E-state index in [9.17, 15) is 9.59 Å². The van der Waals surface area contributed by atoms with E-state index in [1.54, 1.807) is 37.3 Å². The normalized spacial score (nSPS) is 12.3. The lowest BCUT2D eigenvalue weighted by molar-refractivity contribution is -0.149. The minimum Gasteiger partial charge on any atom is -0.449 e. The minimum atomic E-state index is -0.875. The molecule has 4 nitrogen and oxygen atoms in total. The molecule has 0 aliphatic carbocycles. The van der Waals surface area contributed by atoms with E-state index in [-0.39, 0.29) is 5.91 Å². The number of halogens is 1. The van der Waals surface area contributed by atoms with E-state index >= 15 is 0 Å². The van der Waals surface area contributed by atoms with Crippen molar-refractivity contribution < 1.29 is 14.3 Å². The fourth-order valence-corrected chi connectivity index (χ4v) is 2.40. The Bertz CT molecular complexity index is 770. The summed E-state index contributed by atoms with van der Waals surface area (Å²) < 4.78 is 5.38. The van der Waals surface area contributed by atoms with Gasteiger partial charge in [0, 0.05) is 11.6 Å². The van der Waals surface area contributed by atoms with Crippen molar-refractivity contribution in [1.29, 1.82) is 0 Å². The molecule has 2 aromatic carbocycles. The van der Waals surface area contributed by atoms with Crippen LogP contribution in [0.2, 0.25) is 5.02 Å². The Labute approximate surface area is 158 Å². The Hall–Kier alpha value is -2.59. The van der Waals surface area contributed by atoms with Gasteiger partial charge in [-0.05, 0) is 42.7 Å². The first-order valence-corrected chi connectivity index (χ1v) is 8.90. The predicted octanol–water partition coefficient (Wildman–Crippen LogP) is 4.34. The first kappa shape index (κ1) is 19.7. The van der Waals surface area contributed by atoms with E-state index in [0.29, 0.717) is 22.7 Å². The molecule has 1 N–H and O–H groups in total. The van der Waals surface area contributed by atoms with Crippen molar-refractivity contribution in [3.63, 3.8) is 0 Å². The molecule has 136 valence electrons. The number of amides is 1. The van der Waals surface area contributed by atoms with Crippen LogP contribution in [0.4, 0.5) is 0 Å². The fourth-order valence-electron chi connectivity index (χ4n) is 2.27. The summed E-state index contributed by atoms with van der Waals surface area (Å²) in [4.78, 5) is 24.7. The summed E-state index contributed by atoms with van der Waals surface area (Å²) in [6.45, 7) is 4.06. The van der Waals surface area contributed by atoms with Crippen LogP contribution in [0.15, 0.2) is 54.6 Å². The second kappa shape index (κ2) is 9.78. The number of ether oxygens (including phenoxy) is 1. The van der Waals surface area contributed by atoms with Gasteiger partial charge in [-0.15, -0.1) is 0 Å². The summed E-state index contributed by atoms with van der Waals surface area (Å²) in [6.07, 6.45) is 1.68. The van der Waals surface area contributed by atoms with E-state index in [1.165, 1.54) is 0 Å². The molecule has 1 atom stereocenters. The van der Waals surface area contributed by atoms with Crippen molar-refractivity contribution in [3.05, 3.63) is 70.7 Å². The van der Waals surface area contributed by atoms with Gasteiger partial charge in [-0.2, -0.15) is 0 Å². The number of benzene rings is 2. The number of rotatable bonds is 7. The molecular formula is C21H22ClNO3. The summed E-state index contributed by atoms with van der Waals surface area (Å²) in [7, 11) is 0. The number of hydrogen-bond donors (Lipinski definition) is 1. The molecule has 0 aliphatic rings. The molecule has 0 spiro atoms. The van der Waals surface area contributed by atoms with Crippen LogP contribution in [-0.4, -0.2) is 24.5 Å². The number of carbonyl (C=O) groups excluding carboxylic acids is 2. The zero-order chi connectivity index (χ0) is 18.9. The molecule has 5 heteroatoms. The predicted molar refractivity (Wildman–Crippen MR) is 105 cm³/mol. The van der Waals surface area contributed by atoms with E-state index in [2.05, 4.69) is 5.32 Å². The largest absolute Gasteiger partial charge is 0.449 e. The molecule has 0 radical (unpaired) electrons. The lowest BCUT2D eigenvalue weighted by Gasteiger charge is -2.15. The fraction of sp³-hybridized carbons (Fsp3) is 0.238. The minimum absolute atomic E-state index is 0.310. The molecule has 0 aliphatic heterocycles. The van der Waals surface area contributed by atoms with Crippen LogP contribution in [0, 0.1) is 0 Å². The van der Waals surface area contributed by atoms with Crippen LogP contribution >= 0.6 is 11.6 Å². The first-order valence-electron chi connectivity index (χ1n) is 8.52. The van der Waals surface area contributed by atoms with E-state index in [4.69, 9.17) is 16.3 Å². The molecule has 2 aromatic rings. The topological polar surface area (TPSA) is 55.4 Å². The van der Waals surface area contributed by atoms with Gasteiger partial charge in [0.1, 0.15) is 0 Å². The molecule has 0 unspecified atom stereocenters. The highest BCUT2D eigenvalue weighted by atomic mass is 35.5. The van der Waals surface area contributed by atoms with Crippen LogP contribution in [0.1, 0.15) is 31.4 Å². The molecule has 0 fully saturated rings. The Morgan fingerprint density at radius 1 is 1.12 bits per heavy atom. The van der Waals surface area contributed by atoms with Gasteiger partial charge in [0.25, 0.3) is 5.91 Å². The summed E-state index contributed by atoms with van der Waals surface area (Å²) in [5, 5.41) is 3.30. The second-order valence-corrected chi connectivity index (χ2v) is 6.25. The van der Waals surface area contributed by atoms with Gasteiger partial charge in [-0.1, -0.05) is 61.0 Å². The van der Waals surface area contributed by atoms with Gasteiger partial charge < -0.3 is 10.1 Å². The molecule has 0 saturated carbocycles. The molecule has 1 amide bonds. The van der Waals surface area contributed by atoms with Gasteiger partial charge >= 0.3 is 5.97 Å². The third-order valence-electron chi connectivity index (χ3n) is 3.69. The summed E-state index contributed by atoms with van der Waals surface area (Å²) in [6, 6.07) is 16.4.